The highest BCUT2D eigenvalue weighted by Crippen LogP contribution is 2.45. The van der Waals surface area contributed by atoms with Crippen LogP contribution in [0, 0.1) is 0 Å². The van der Waals surface area contributed by atoms with Crippen LogP contribution in [0.3, 0.4) is 0 Å². The van der Waals surface area contributed by atoms with Crippen molar-refractivity contribution in [1.82, 2.24) is 20.6 Å². The Kier molecular flexibility index (Phi) is 8.05. The summed E-state index contributed by atoms with van der Waals surface area (Å²) < 4.78 is 44.7. The molecule has 0 saturated carbocycles. The molecule has 12 heteroatoms. The molecule has 3 N–H and O–H groups in total. The fourth-order valence-electron chi connectivity index (χ4n) is 4.29. The Bertz CT molecular complexity index is 1430. The molecule has 1 aliphatic rings. The summed E-state index contributed by atoms with van der Waals surface area (Å²) in [7, 11) is 1.64. The van der Waals surface area contributed by atoms with Gasteiger partial charge in [0.2, 0.25) is 5.91 Å². The molecular formula is C26H26F3N5O2S2. The van der Waals surface area contributed by atoms with Gasteiger partial charge in [-0.25, -0.2) is 4.98 Å². The van der Waals surface area contributed by atoms with Gasteiger partial charge in [0, 0.05) is 55.4 Å². The molecule has 4 heterocycles. The van der Waals surface area contributed by atoms with E-state index in [9.17, 15) is 18.0 Å². The SMILES string of the molecule is COCCNCCC(=O)Nc1sc2c(c1-c1nc3cc(-c4ccc(C(F)(F)F)nc4)ccc3s1)CCNC2. The predicted octanol–water partition coefficient (Wildman–Crippen LogP) is 5.32. The smallest absolute Gasteiger partial charge is 0.383 e. The Morgan fingerprint density at radius 2 is 2.00 bits per heavy atom. The molecule has 0 saturated heterocycles. The molecule has 7 nitrogen and oxygen atoms in total. The molecule has 0 spiro atoms. The summed E-state index contributed by atoms with van der Waals surface area (Å²) in [6, 6.07) is 8.06. The number of benzene rings is 1. The zero-order chi connectivity index (χ0) is 26.7. The number of halogens is 3. The van der Waals surface area contributed by atoms with Gasteiger partial charge in [-0.2, -0.15) is 13.2 Å². The minimum absolute atomic E-state index is 0.0686. The predicted molar refractivity (Wildman–Crippen MR) is 145 cm³/mol. The molecule has 0 fully saturated rings. The Morgan fingerprint density at radius 3 is 2.76 bits per heavy atom. The van der Waals surface area contributed by atoms with Crippen LogP contribution in [0.25, 0.3) is 31.9 Å². The molecule has 1 aromatic carbocycles. The maximum Gasteiger partial charge on any atom is 0.433 e. The standard InChI is InChI=1S/C26H26F3N5O2S2/c1-36-11-10-30-9-7-22(35)34-25-23(17-6-8-31-14-20(17)38-25)24-33-18-12-15(2-4-19(18)37-24)16-3-5-21(32-13-16)26(27,28)29/h2-5,12-13,30-31H,6-11,14H2,1H3,(H,34,35). The maximum atomic E-state index is 12.9. The first-order valence-electron chi connectivity index (χ1n) is 12.1. The normalized spacial score (nSPS) is 13.6. The lowest BCUT2D eigenvalue weighted by atomic mass is 10.0. The summed E-state index contributed by atoms with van der Waals surface area (Å²) in [6.45, 7) is 3.43. The van der Waals surface area contributed by atoms with Crippen LogP contribution < -0.4 is 16.0 Å². The van der Waals surface area contributed by atoms with Crippen molar-refractivity contribution in [3.8, 4) is 21.7 Å². The van der Waals surface area contributed by atoms with E-state index in [1.165, 1.54) is 34.0 Å². The van der Waals surface area contributed by atoms with E-state index in [4.69, 9.17) is 9.72 Å². The van der Waals surface area contributed by atoms with E-state index in [1.807, 2.05) is 18.2 Å². The molecule has 0 aliphatic carbocycles. The van der Waals surface area contributed by atoms with Crippen molar-refractivity contribution in [2.24, 2.45) is 0 Å². The molecule has 0 radical (unpaired) electrons. The number of hydrogen-bond acceptors (Lipinski definition) is 8. The number of pyridine rings is 1. The third-order valence-electron chi connectivity index (χ3n) is 6.18. The molecule has 0 bridgehead atoms. The Hall–Kier alpha value is -2.90. The zero-order valence-corrected chi connectivity index (χ0v) is 22.2. The van der Waals surface area contributed by atoms with Gasteiger partial charge in [-0.05, 0) is 42.3 Å². The molecule has 0 unspecified atom stereocenters. The topological polar surface area (TPSA) is 88.2 Å². The molecule has 4 aromatic rings. The number of fused-ring (bicyclic) bond motifs is 2. The quantitative estimate of drug-likeness (QED) is 0.240. The van der Waals surface area contributed by atoms with Gasteiger partial charge < -0.3 is 20.7 Å². The van der Waals surface area contributed by atoms with Crippen LogP contribution in [0.5, 0.6) is 0 Å². The fourth-order valence-corrected chi connectivity index (χ4v) is 6.61. The van der Waals surface area contributed by atoms with Gasteiger partial charge in [-0.3, -0.25) is 9.78 Å². The number of anilines is 1. The molecule has 1 aliphatic heterocycles. The van der Waals surface area contributed by atoms with Gasteiger partial charge in [0.05, 0.1) is 16.8 Å². The first-order valence-corrected chi connectivity index (χ1v) is 13.8. The van der Waals surface area contributed by atoms with E-state index in [1.54, 1.807) is 18.4 Å². The second-order valence-electron chi connectivity index (χ2n) is 8.81. The second kappa shape index (κ2) is 11.5. The Balaban J connectivity index is 1.42. The van der Waals surface area contributed by atoms with Crippen LogP contribution in [-0.4, -0.2) is 49.2 Å². The van der Waals surface area contributed by atoms with E-state index < -0.39 is 11.9 Å². The van der Waals surface area contributed by atoms with Gasteiger partial charge in [0.25, 0.3) is 0 Å². The molecule has 200 valence electrons. The summed E-state index contributed by atoms with van der Waals surface area (Å²) in [5.74, 6) is -0.0686. The third kappa shape index (κ3) is 5.89. The largest absolute Gasteiger partial charge is 0.433 e. The van der Waals surface area contributed by atoms with Crippen LogP contribution in [-0.2, 0) is 28.7 Å². The minimum Gasteiger partial charge on any atom is -0.383 e. The number of thiophene rings is 1. The summed E-state index contributed by atoms with van der Waals surface area (Å²) >= 11 is 3.12. The molecule has 0 atom stereocenters. The van der Waals surface area contributed by atoms with Crippen LogP contribution in [0.4, 0.5) is 18.2 Å². The average molecular weight is 562 g/mol. The summed E-state index contributed by atoms with van der Waals surface area (Å²) in [6.07, 6.45) is -2.06. The van der Waals surface area contributed by atoms with Crippen LogP contribution in [0.15, 0.2) is 36.5 Å². The number of thiazole rings is 1. The highest BCUT2D eigenvalue weighted by molar-refractivity contribution is 7.23. The van der Waals surface area contributed by atoms with E-state index >= 15 is 0 Å². The molecular weight excluding hydrogens is 535 g/mol. The van der Waals surface area contributed by atoms with Crippen molar-refractivity contribution in [1.29, 1.82) is 0 Å². The van der Waals surface area contributed by atoms with Gasteiger partial charge in [0.1, 0.15) is 15.7 Å². The fraction of sp³-hybridized carbons (Fsp3) is 0.346. The van der Waals surface area contributed by atoms with Crippen molar-refractivity contribution >= 4 is 43.8 Å². The van der Waals surface area contributed by atoms with Crippen LogP contribution >= 0.6 is 22.7 Å². The van der Waals surface area contributed by atoms with E-state index in [-0.39, 0.29) is 5.91 Å². The van der Waals surface area contributed by atoms with Crippen molar-refractivity contribution < 1.29 is 22.7 Å². The first-order chi connectivity index (χ1) is 18.3. The van der Waals surface area contributed by atoms with E-state index in [0.29, 0.717) is 31.7 Å². The number of nitrogens with one attached hydrogen (secondary N) is 3. The Morgan fingerprint density at radius 1 is 1.16 bits per heavy atom. The first kappa shape index (κ1) is 26.7. The number of nitrogens with zero attached hydrogens (tertiary/aromatic N) is 2. The number of hydrogen-bond donors (Lipinski definition) is 3. The lowest BCUT2D eigenvalue weighted by Crippen LogP contribution is -2.24. The van der Waals surface area contributed by atoms with E-state index in [0.717, 1.165) is 56.9 Å². The Labute approximate surface area is 225 Å². The van der Waals surface area contributed by atoms with Gasteiger partial charge in [-0.15, -0.1) is 22.7 Å². The summed E-state index contributed by atoms with van der Waals surface area (Å²) in [4.78, 5) is 22.4. The molecule has 1 amide bonds. The number of methoxy groups -OCH3 is 1. The number of carbonyl (C=O) groups is 1. The van der Waals surface area contributed by atoms with Crippen LogP contribution in [0.1, 0.15) is 22.6 Å². The molecule has 38 heavy (non-hydrogen) atoms. The van der Waals surface area contributed by atoms with Crippen LogP contribution in [0.2, 0.25) is 0 Å². The number of ether oxygens (including phenoxy) is 1. The second-order valence-corrected chi connectivity index (χ2v) is 10.9. The van der Waals surface area contributed by atoms with E-state index in [2.05, 4.69) is 20.9 Å². The highest BCUT2D eigenvalue weighted by Gasteiger charge is 2.32. The van der Waals surface area contributed by atoms with Crippen molar-refractivity contribution in [2.45, 2.75) is 25.6 Å². The van der Waals surface area contributed by atoms with Gasteiger partial charge >= 0.3 is 6.18 Å². The molecule has 3 aromatic heterocycles. The van der Waals surface area contributed by atoms with Gasteiger partial charge in [0.15, 0.2) is 0 Å². The van der Waals surface area contributed by atoms with Crippen molar-refractivity contribution in [2.75, 3.05) is 38.7 Å². The highest BCUT2D eigenvalue weighted by atomic mass is 32.1. The molecule has 5 rings (SSSR count). The zero-order valence-electron chi connectivity index (χ0n) is 20.6. The number of rotatable bonds is 9. The number of aromatic nitrogens is 2. The lowest BCUT2D eigenvalue weighted by molar-refractivity contribution is -0.141. The number of carbonyl (C=O) groups excluding carboxylic acids is 1. The minimum atomic E-state index is -4.48. The average Bonchev–Trinajstić information content (AvgIpc) is 3.48. The van der Waals surface area contributed by atoms with Crippen molar-refractivity contribution in [3.05, 3.63) is 52.7 Å². The lowest BCUT2D eigenvalue weighted by Gasteiger charge is -2.13. The summed E-state index contributed by atoms with van der Waals surface area (Å²) in [5, 5.41) is 11.3. The monoisotopic (exact) mass is 561 g/mol. The summed E-state index contributed by atoms with van der Waals surface area (Å²) in [5.41, 5.74) is 3.31. The number of alkyl halides is 3. The number of amides is 1. The van der Waals surface area contributed by atoms with Crippen molar-refractivity contribution in [3.63, 3.8) is 0 Å². The third-order valence-corrected chi connectivity index (χ3v) is 8.38. The maximum absolute atomic E-state index is 12.9. The van der Waals surface area contributed by atoms with Gasteiger partial charge in [-0.1, -0.05) is 12.1 Å².